The maximum Gasteiger partial charge on any atom is 0.108 e. The first kappa shape index (κ1) is 16.8. The van der Waals surface area contributed by atoms with Crippen LogP contribution in [0.2, 0.25) is 0 Å². The van der Waals surface area contributed by atoms with Crippen LogP contribution in [0.15, 0.2) is 0 Å². The zero-order valence-electron chi connectivity index (χ0n) is 14.0. The first-order valence-corrected chi connectivity index (χ1v) is 9.09. The van der Waals surface area contributed by atoms with Crippen molar-refractivity contribution in [1.29, 1.82) is 5.26 Å². The summed E-state index contributed by atoms with van der Waals surface area (Å²) in [5.41, 5.74) is -0.266. The number of nitrogens with one attached hydrogen (secondary N) is 1. The Morgan fingerprint density at radius 2 is 1.76 bits per heavy atom. The summed E-state index contributed by atoms with van der Waals surface area (Å²) in [6.07, 6.45) is 13.9. The van der Waals surface area contributed by atoms with Crippen LogP contribution in [0, 0.1) is 11.3 Å². The average Bonchev–Trinajstić information content (AvgIpc) is 2.81. The summed E-state index contributed by atoms with van der Waals surface area (Å²) >= 11 is 0. The molecule has 0 amide bonds. The van der Waals surface area contributed by atoms with Crippen LogP contribution >= 0.6 is 0 Å². The summed E-state index contributed by atoms with van der Waals surface area (Å²) in [7, 11) is 2.31. The van der Waals surface area contributed by atoms with Gasteiger partial charge in [-0.15, -0.1) is 0 Å². The van der Waals surface area contributed by atoms with Crippen LogP contribution in [0.5, 0.6) is 0 Å². The normalized spacial score (nSPS) is 31.8. The molecule has 2 saturated carbocycles. The molecule has 0 radical (unpaired) electrons. The van der Waals surface area contributed by atoms with E-state index in [1.54, 1.807) is 0 Å². The Labute approximate surface area is 131 Å². The number of rotatable bonds is 5. The molecule has 0 aromatic heterocycles. The molecule has 0 bridgehead atoms. The lowest BCUT2D eigenvalue weighted by Crippen LogP contribution is -2.53. The highest BCUT2D eigenvalue weighted by Crippen LogP contribution is 2.33. The van der Waals surface area contributed by atoms with Crippen molar-refractivity contribution in [2.45, 2.75) is 95.2 Å². The van der Waals surface area contributed by atoms with E-state index in [1.807, 2.05) is 0 Å². The summed E-state index contributed by atoms with van der Waals surface area (Å²) < 4.78 is 0. The summed E-state index contributed by atoms with van der Waals surface area (Å²) in [5, 5.41) is 13.2. The van der Waals surface area contributed by atoms with Crippen LogP contribution in [-0.2, 0) is 0 Å². The number of nitriles is 1. The molecular formula is C18H33N3. The third kappa shape index (κ3) is 4.44. The lowest BCUT2D eigenvalue weighted by molar-refractivity contribution is 0.0974. The molecule has 0 aromatic rings. The van der Waals surface area contributed by atoms with Crippen LogP contribution in [0.1, 0.15) is 77.6 Å². The van der Waals surface area contributed by atoms with Crippen LogP contribution in [-0.4, -0.2) is 36.1 Å². The van der Waals surface area contributed by atoms with Crippen LogP contribution < -0.4 is 5.32 Å². The Bertz CT molecular complexity index is 341. The van der Waals surface area contributed by atoms with Crippen molar-refractivity contribution in [1.82, 2.24) is 10.2 Å². The Morgan fingerprint density at radius 1 is 1.10 bits per heavy atom. The minimum atomic E-state index is -0.266. The van der Waals surface area contributed by atoms with Crippen molar-refractivity contribution < 1.29 is 0 Å². The minimum Gasteiger partial charge on any atom is -0.300 e. The molecule has 2 rings (SSSR count). The molecular weight excluding hydrogens is 258 g/mol. The smallest absolute Gasteiger partial charge is 0.108 e. The zero-order valence-corrected chi connectivity index (χ0v) is 14.0. The third-order valence-corrected chi connectivity index (χ3v) is 5.63. The van der Waals surface area contributed by atoms with Crippen LogP contribution in [0.25, 0.3) is 0 Å². The van der Waals surface area contributed by atoms with E-state index in [-0.39, 0.29) is 5.54 Å². The fourth-order valence-electron chi connectivity index (χ4n) is 4.22. The standard InChI is InChI=1S/C18H33N3/c1-3-13-20-18(15-19)12-8-11-17(14-18)21(2)16-9-6-4-5-7-10-16/h16-17,20H,3-14H2,1-2H3. The van der Waals surface area contributed by atoms with E-state index in [9.17, 15) is 5.26 Å². The molecule has 2 atom stereocenters. The Balaban J connectivity index is 1.97. The van der Waals surface area contributed by atoms with Crippen molar-refractivity contribution in [2.75, 3.05) is 13.6 Å². The Hall–Kier alpha value is -0.590. The van der Waals surface area contributed by atoms with E-state index < -0.39 is 0 Å². The van der Waals surface area contributed by atoms with Gasteiger partial charge in [-0.05, 0) is 58.5 Å². The van der Waals surface area contributed by atoms with Gasteiger partial charge in [-0.1, -0.05) is 32.6 Å². The van der Waals surface area contributed by atoms with Gasteiger partial charge in [0.15, 0.2) is 0 Å². The molecule has 2 aliphatic rings. The summed E-state index contributed by atoms with van der Waals surface area (Å²) in [4.78, 5) is 2.63. The molecule has 0 aliphatic heterocycles. The molecule has 120 valence electrons. The Kier molecular flexibility index (Phi) is 6.51. The predicted octanol–water partition coefficient (Wildman–Crippen LogP) is 3.85. The molecule has 21 heavy (non-hydrogen) atoms. The van der Waals surface area contributed by atoms with E-state index >= 15 is 0 Å². The van der Waals surface area contributed by atoms with Gasteiger partial charge in [0.25, 0.3) is 0 Å². The molecule has 0 spiro atoms. The highest BCUT2D eigenvalue weighted by molar-refractivity contribution is 5.11. The molecule has 0 saturated heterocycles. The van der Waals surface area contributed by atoms with Crippen molar-refractivity contribution in [3.63, 3.8) is 0 Å². The van der Waals surface area contributed by atoms with Gasteiger partial charge < -0.3 is 4.90 Å². The molecule has 3 heteroatoms. The van der Waals surface area contributed by atoms with Gasteiger partial charge in [-0.2, -0.15) is 5.26 Å². The quantitative estimate of drug-likeness (QED) is 0.782. The first-order valence-electron chi connectivity index (χ1n) is 9.09. The fraction of sp³-hybridized carbons (Fsp3) is 0.944. The largest absolute Gasteiger partial charge is 0.300 e. The number of hydrogen-bond acceptors (Lipinski definition) is 3. The summed E-state index contributed by atoms with van der Waals surface area (Å²) in [6, 6.07) is 3.95. The summed E-state index contributed by atoms with van der Waals surface area (Å²) in [6.45, 7) is 3.14. The lowest BCUT2D eigenvalue weighted by atomic mass is 9.78. The molecule has 0 aromatic carbocycles. The fourth-order valence-corrected chi connectivity index (χ4v) is 4.22. The highest BCUT2D eigenvalue weighted by atomic mass is 15.2. The van der Waals surface area contributed by atoms with Crippen LogP contribution in [0.3, 0.4) is 0 Å². The SMILES string of the molecule is CCCNC1(C#N)CCCC(N(C)C2CCCCCC2)C1. The molecule has 3 nitrogen and oxygen atoms in total. The van der Waals surface area contributed by atoms with E-state index in [0.29, 0.717) is 6.04 Å². The highest BCUT2D eigenvalue weighted by Gasteiger charge is 2.38. The van der Waals surface area contributed by atoms with Crippen molar-refractivity contribution >= 4 is 0 Å². The van der Waals surface area contributed by atoms with Gasteiger partial charge in [0.2, 0.25) is 0 Å². The monoisotopic (exact) mass is 291 g/mol. The van der Waals surface area contributed by atoms with Gasteiger partial charge in [-0.3, -0.25) is 5.32 Å². The van der Waals surface area contributed by atoms with Crippen molar-refractivity contribution in [3.8, 4) is 6.07 Å². The molecule has 2 aliphatic carbocycles. The van der Waals surface area contributed by atoms with Gasteiger partial charge in [0, 0.05) is 12.1 Å². The van der Waals surface area contributed by atoms with E-state index in [4.69, 9.17) is 0 Å². The topological polar surface area (TPSA) is 39.1 Å². The number of hydrogen-bond donors (Lipinski definition) is 1. The first-order chi connectivity index (χ1) is 10.2. The number of nitrogens with zero attached hydrogens (tertiary/aromatic N) is 2. The second-order valence-electron chi connectivity index (χ2n) is 7.18. The van der Waals surface area contributed by atoms with Gasteiger partial charge in [0.05, 0.1) is 6.07 Å². The minimum absolute atomic E-state index is 0.266. The average molecular weight is 291 g/mol. The molecule has 2 fully saturated rings. The van der Waals surface area contributed by atoms with Gasteiger partial charge >= 0.3 is 0 Å². The van der Waals surface area contributed by atoms with E-state index in [0.717, 1.165) is 31.8 Å². The lowest BCUT2D eigenvalue weighted by Gasteiger charge is -2.43. The van der Waals surface area contributed by atoms with Gasteiger partial charge in [0.1, 0.15) is 5.54 Å². The maximum absolute atomic E-state index is 9.69. The van der Waals surface area contributed by atoms with Gasteiger partial charge in [-0.25, -0.2) is 0 Å². The molecule has 1 N–H and O–H groups in total. The summed E-state index contributed by atoms with van der Waals surface area (Å²) in [5.74, 6) is 0. The second kappa shape index (κ2) is 8.15. The third-order valence-electron chi connectivity index (χ3n) is 5.63. The predicted molar refractivity (Wildman–Crippen MR) is 88.1 cm³/mol. The second-order valence-corrected chi connectivity index (χ2v) is 7.18. The van der Waals surface area contributed by atoms with Crippen LogP contribution in [0.4, 0.5) is 0 Å². The van der Waals surface area contributed by atoms with E-state index in [1.165, 1.54) is 51.4 Å². The van der Waals surface area contributed by atoms with E-state index in [2.05, 4.69) is 30.3 Å². The van der Waals surface area contributed by atoms with Crippen molar-refractivity contribution in [3.05, 3.63) is 0 Å². The zero-order chi connectivity index (χ0) is 15.1. The Morgan fingerprint density at radius 3 is 2.38 bits per heavy atom. The van der Waals surface area contributed by atoms with Crippen molar-refractivity contribution in [2.24, 2.45) is 0 Å². The maximum atomic E-state index is 9.69. The molecule has 0 heterocycles. The molecule has 2 unspecified atom stereocenters.